The van der Waals surface area contributed by atoms with Crippen molar-refractivity contribution < 1.29 is 4.74 Å². The molecule has 1 rings (SSSR count). The molecule has 1 aliphatic rings. The molecule has 1 fully saturated rings. The first-order valence-corrected chi connectivity index (χ1v) is 7.41. The lowest BCUT2D eigenvalue weighted by atomic mass is 9.94. The molecule has 1 aliphatic heterocycles. The average Bonchev–Trinajstić information content (AvgIpc) is 2.22. The van der Waals surface area contributed by atoms with Gasteiger partial charge >= 0.3 is 0 Å². The van der Waals surface area contributed by atoms with Gasteiger partial charge in [-0.2, -0.15) is 0 Å². The molecular formula is C16H31NO. The molecule has 106 valence electrons. The summed E-state index contributed by atoms with van der Waals surface area (Å²) >= 11 is 0. The van der Waals surface area contributed by atoms with Crippen LogP contribution in [0.3, 0.4) is 0 Å². The van der Waals surface area contributed by atoms with Gasteiger partial charge in [0.15, 0.2) is 0 Å². The van der Waals surface area contributed by atoms with Crippen LogP contribution in [0.2, 0.25) is 0 Å². The quantitative estimate of drug-likeness (QED) is 0.666. The molecule has 1 saturated heterocycles. The van der Waals surface area contributed by atoms with E-state index < -0.39 is 0 Å². The Labute approximate surface area is 113 Å². The highest BCUT2D eigenvalue weighted by atomic mass is 16.5. The fourth-order valence-corrected chi connectivity index (χ4v) is 2.79. The highest BCUT2D eigenvalue weighted by Crippen LogP contribution is 2.26. The summed E-state index contributed by atoms with van der Waals surface area (Å²) in [6.07, 6.45) is 3.95. The maximum absolute atomic E-state index is 6.04. The number of ether oxygens (including phenoxy) is 1. The number of rotatable bonds is 6. The zero-order valence-electron chi connectivity index (χ0n) is 12.9. The van der Waals surface area contributed by atoms with Crippen LogP contribution in [0.4, 0.5) is 0 Å². The topological polar surface area (TPSA) is 12.5 Å². The fraction of sp³-hybridized carbons (Fsp3) is 0.875. The summed E-state index contributed by atoms with van der Waals surface area (Å²) in [5.74, 6) is 0.739. The maximum atomic E-state index is 6.04. The molecule has 0 aromatic carbocycles. The van der Waals surface area contributed by atoms with Crippen LogP contribution in [0.1, 0.15) is 53.9 Å². The van der Waals surface area contributed by atoms with Gasteiger partial charge in [0.2, 0.25) is 0 Å². The molecule has 2 nitrogen and oxygen atoms in total. The largest absolute Gasteiger partial charge is 0.378 e. The predicted octanol–water partition coefficient (Wildman–Crippen LogP) is 3.87. The number of hydrogen-bond acceptors (Lipinski definition) is 2. The first-order valence-electron chi connectivity index (χ1n) is 7.41. The average molecular weight is 253 g/mol. The van der Waals surface area contributed by atoms with E-state index in [9.17, 15) is 0 Å². The number of piperidine rings is 1. The van der Waals surface area contributed by atoms with Crippen molar-refractivity contribution in [1.29, 1.82) is 0 Å². The molecule has 1 heterocycles. The summed E-state index contributed by atoms with van der Waals surface area (Å²) in [5, 5.41) is 0. The molecule has 0 aromatic rings. The Bertz CT molecular complexity index is 250. The van der Waals surface area contributed by atoms with Crippen LogP contribution in [0.25, 0.3) is 0 Å². The van der Waals surface area contributed by atoms with Crippen molar-refractivity contribution >= 4 is 0 Å². The summed E-state index contributed by atoms with van der Waals surface area (Å²) in [6, 6.07) is 1.21. The zero-order valence-corrected chi connectivity index (χ0v) is 12.9. The minimum Gasteiger partial charge on any atom is -0.378 e. The number of nitrogens with zero attached hydrogens (tertiary/aromatic N) is 1. The van der Waals surface area contributed by atoms with Crippen LogP contribution in [-0.2, 0) is 4.74 Å². The third-order valence-corrected chi connectivity index (χ3v) is 3.84. The van der Waals surface area contributed by atoms with Crippen molar-refractivity contribution in [3.8, 4) is 0 Å². The van der Waals surface area contributed by atoms with Gasteiger partial charge in [-0.05, 0) is 46.0 Å². The number of likely N-dealkylation sites (tertiary alicyclic amines) is 1. The Morgan fingerprint density at radius 1 is 1.28 bits per heavy atom. The molecule has 1 unspecified atom stereocenters. The molecule has 0 N–H and O–H groups in total. The normalized spacial score (nSPS) is 29.8. The van der Waals surface area contributed by atoms with E-state index in [0.717, 1.165) is 31.9 Å². The lowest BCUT2D eigenvalue weighted by molar-refractivity contribution is -0.0333. The Balaban J connectivity index is 2.38. The zero-order chi connectivity index (χ0) is 13.7. The lowest BCUT2D eigenvalue weighted by Gasteiger charge is -2.42. The maximum Gasteiger partial charge on any atom is 0.0604 e. The van der Waals surface area contributed by atoms with E-state index in [2.05, 4.69) is 46.1 Å². The summed E-state index contributed by atoms with van der Waals surface area (Å²) in [5.41, 5.74) is 1.26. The van der Waals surface area contributed by atoms with Crippen LogP contribution >= 0.6 is 0 Å². The molecule has 2 heteroatoms. The minimum absolute atomic E-state index is 0.454. The summed E-state index contributed by atoms with van der Waals surface area (Å²) < 4.78 is 6.04. The lowest BCUT2D eigenvalue weighted by Crippen LogP contribution is -2.49. The molecule has 0 bridgehead atoms. The van der Waals surface area contributed by atoms with Gasteiger partial charge < -0.3 is 4.74 Å². The predicted molar refractivity (Wildman–Crippen MR) is 78.9 cm³/mol. The Morgan fingerprint density at radius 2 is 1.83 bits per heavy atom. The van der Waals surface area contributed by atoms with Crippen LogP contribution in [0.15, 0.2) is 12.2 Å². The van der Waals surface area contributed by atoms with Crippen LogP contribution < -0.4 is 0 Å². The monoisotopic (exact) mass is 253 g/mol. The Kier molecular flexibility index (Phi) is 6.37. The second-order valence-electron chi connectivity index (χ2n) is 6.47. The van der Waals surface area contributed by atoms with Gasteiger partial charge in [-0.15, -0.1) is 0 Å². The van der Waals surface area contributed by atoms with Gasteiger partial charge in [0, 0.05) is 25.2 Å². The summed E-state index contributed by atoms with van der Waals surface area (Å²) in [7, 11) is 0. The second kappa shape index (κ2) is 7.30. The highest BCUT2D eigenvalue weighted by Gasteiger charge is 2.30. The number of hydrogen-bond donors (Lipinski definition) is 0. The standard InChI is InChI=1S/C16H31NO/c1-12(2)7-8-18-16-9-14(5)17(11-13(3)4)15(6)10-16/h12,14-16H,3,7-11H2,1-2,4-6H3/t14-,15+,16?. The van der Waals surface area contributed by atoms with E-state index in [-0.39, 0.29) is 0 Å². The van der Waals surface area contributed by atoms with Gasteiger partial charge in [0.05, 0.1) is 6.10 Å². The van der Waals surface area contributed by atoms with Crippen molar-refractivity contribution in [2.75, 3.05) is 13.2 Å². The van der Waals surface area contributed by atoms with Crippen molar-refractivity contribution in [1.82, 2.24) is 4.90 Å². The van der Waals surface area contributed by atoms with E-state index in [1.165, 1.54) is 12.0 Å². The summed E-state index contributed by atoms with van der Waals surface area (Å²) in [4.78, 5) is 2.56. The van der Waals surface area contributed by atoms with Gasteiger partial charge in [-0.25, -0.2) is 0 Å². The third-order valence-electron chi connectivity index (χ3n) is 3.84. The van der Waals surface area contributed by atoms with Gasteiger partial charge in [0.1, 0.15) is 0 Å². The van der Waals surface area contributed by atoms with Crippen molar-refractivity contribution in [2.24, 2.45) is 5.92 Å². The minimum atomic E-state index is 0.454. The molecule has 0 radical (unpaired) electrons. The Morgan fingerprint density at radius 3 is 2.28 bits per heavy atom. The molecule has 3 atom stereocenters. The smallest absolute Gasteiger partial charge is 0.0604 e. The van der Waals surface area contributed by atoms with E-state index >= 15 is 0 Å². The van der Waals surface area contributed by atoms with Crippen LogP contribution in [-0.4, -0.2) is 36.2 Å². The molecule has 0 saturated carbocycles. The molecule has 0 amide bonds. The van der Waals surface area contributed by atoms with E-state index in [0.29, 0.717) is 18.2 Å². The highest BCUT2D eigenvalue weighted by molar-refractivity contribution is 4.97. The van der Waals surface area contributed by atoms with Gasteiger partial charge in [-0.1, -0.05) is 26.0 Å². The third kappa shape index (κ3) is 5.11. The Hall–Kier alpha value is -0.340. The van der Waals surface area contributed by atoms with E-state index in [1.54, 1.807) is 0 Å². The molecule has 0 aliphatic carbocycles. The fourth-order valence-electron chi connectivity index (χ4n) is 2.79. The SMILES string of the molecule is C=C(C)CN1[C@H](C)CC(OCCC(C)C)C[C@@H]1C. The van der Waals surface area contributed by atoms with Crippen LogP contribution in [0, 0.1) is 5.92 Å². The molecular weight excluding hydrogens is 222 g/mol. The van der Waals surface area contributed by atoms with Crippen molar-refractivity contribution in [3.05, 3.63) is 12.2 Å². The molecule has 0 aromatic heterocycles. The molecule has 0 spiro atoms. The summed E-state index contributed by atoms with van der Waals surface area (Å²) in [6.45, 7) is 17.2. The first-order chi connectivity index (χ1) is 8.40. The first kappa shape index (κ1) is 15.7. The van der Waals surface area contributed by atoms with Crippen LogP contribution in [0.5, 0.6) is 0 Å². The molecule has 18 heavy (non-hydrogen) atoms. The van der Waals surface area contributed by atoms with Crippen molar-refractivity contribution in [3.63, 3.8) is 0 Å². The van der Waals surface area contributed by atoms with E-state index in [4.69, 9.17) is 4.74 Å². The van der Waals surface area contributed by atoms with Gasteiger partial charge in [-0.3, -0.25) is 4.90 Å². The van der Waals surface area contributed by atoms with E-state index in [1.807, 2.05) is 0 Å². The van der Waals surface area contributed by atoms with Crippen molar-refractivity contribution in [2.45, 2.75) is 72.1 Å². The van der Waals surface area contributed by atoms with Gasteiger partial charge in [0.25, 0.3) is 0 Å². The second-order valence-corrected chi connectivity index (χ2v) is 6.47.